The van der Waals surface area contributed by atoms with Gasteiger partial charge in [0.05, 0.1) is 18.2 Å². The maximum absolute atomic E-state index is 11.7. The van der Waals surface area contributed by atoms with Crippen molar-refractivity contribution in [1.29, 1.82) is 0 Å². The van der Waals surface area contributed by atoms with Gasteiger partial charge in [0.1, 0.15) is 0 Å². The summed E-state index contributed by atoms with van der Waals surface area (Å²) in [4.78, 5) is 10.9. The van der Waals surface area contributed by atoms with Gasteiger partial charge in [0.2, 0.25) is 0 Å². The second kappa shape index (κ2) is 18.1. The van der Waals surface area contributed by atoms with Gasteiger partial charge < -0.3 is 10.4 Å². The number of aliphatic hydroxyl groups excluding tert-OH is 1. The van der Waals surface area contributed by atoms with Gasteiger partial charge in [-0.25, -0.2) is 0 Å². The summed E-state index contributed by atoms with van der Waals surface area (Å²) in [5.74, 6) is 4.51. The monoisotopic (exact) mass is 678 g/mol. The van der Waals surface area contributed by atoms with Crippen LogP contribution in [0.1, 0.15) is 144 Å². The van der Waals surface area contributed by atoms with Crippen LogP contribution in [0.25, 0.3) is 5.32 Å². The van der Waals surface area contributed by atoms with Gasteiger partial charge in [-0.15, -0.1) is 0 Å². The SMILES string of the molecule is CC(=NC1CC(C2CCCCC2)C(O)C(C2CCCCC2)C1)C1CCCC(C(C)=NC2C(C)CC(C)CC2C)[N-]1.[Cl][Fe+][Cl]. The van der Waals surface area contributed by atoms with Crippen LogP contribution in [0.3, 0.4) is 0 Å². The normalized spacial score (nSPS) is 40.9. The summed E-state index contributed by atoms with van der Waals surface area (Å²) in [6, 6.07) is 1.35. The molecule has 4 nitrogen and oxygen atoms in total. The van der Waals surface area contributed by atoms with Crippen molar-refractivity contribution in [2.24, 2.45) is 51.4 Å². The van der Waals surface area contributed by atoms with Gasteiger partial charge in [-0.3, -0.25) is 9.98 Å². The van der Waals surface area contributed by atoms with E-state index in [0.717, 1.165) is 31.6 Å². The molecule has 5 fully saturated rings. The summed E-state index contributed by atoms with van der Waals surface area (Å²) in [5, 5.41) is 17.1. The zero-order valence-corrected chi connectivity index (χ0v) is 30.5. The molecule has 0 radical (unpaired) electrons. The Morgan fingerprint density at radius 1 is 0.651 bits per heavy atom. The van der Waals surface area contributed by atoms with E-state index >= 15 is 0 Å². The number of nitrogens with zero attached hydrogens (tertiary/aromatic N) is 3. The van der Waals surface area contributed by atoms with Gasteiger partial charge in [0.15, 0.2) is 0 Å². The van der Waals surface area contributed by atoms with Crippen molar-refractivity contribution in [3.63, 3.8) is 0 Å². The molecule has 5 rings (SSSR count). The zero-order chi connectivity index (χ0) is 30.9. The first-order valence-corrected chi connectivity index (χ1v) is 21.1. The van der Waals surface area contributed by atoms with Crippen LogP contribution in [0.2, 0.25) is 0 Å². The molecule has 1 aliphatic heterocycles. The van der Waals surface area contributed by atoms with E-state index in [4.69, 9.17) is 35.5 Å². The van der Waals surface area contributed by atoms with Crippen molar-refractivity contribution in [2.75, 3.05) is 0 Å². The van der Waals surface area contributed by atoms with Gasteiger partial charge in [-0.2, -0.15) is 0 Å². The summed E-state index contributed by atoms with van der Waals surface area (Å²) in [5.41, 5.74) is 2.53. The van der Waals surface area contributed by atoms with Gasteiger partial charge in [-0.05, 0) is 92.4 Å². The molecular weight excluding hydrogens is 617 g/mol. The Morgan fingerprint density at radius 2 is 1.09 bits per heavy atom. The number of piperidine rings is 1. The molecule has 0 aromatic carbocycles. The summed E-state index contributed by atoms with van der Waals surface area (Å²) in [6.45, 7) is 11.8. The predicted molar refractivity (Wildman–Crippen MR) is 182 cm³/mol. The third-order valence-electron chi connectivity index (χ3n) is 12.2. The average Bonchev–Trinajstić information content (AvgIpc) is 3.01. The summed E-state index contributed by atoms with van der Waals surface area (Å²) >= 11 is 0.194. The van der Waals surface area contributed by atoms with E-state index in [-0.39, 0.29) is 31.3 Å². The Balaban J connectivity index is 0.00000135. The second-order valence-electron chi connectivity index (χ2n) is 15.5. The van der Waals surface area contributed by atoms with E-state index in [1.165, 1.54) is 94.9 Å². The Morgan fingerprint density at radius 3 is 1.56 bits per heavy atom. The fraction of sp³-hybridized carbons (Fsp3) is 0.944. The fourth-order valence-corrected chi connectivity index (χ4v) is 10.2. The van der Waals surface area contributed by atoms with Crippen LogP contribution in [0.5, 0.6) is 0 Å². The van der Waals surface area contributed by atoms with Crippen LogP contribution in [-0.2, 0) is 13.1 Å². The van der Waals surface area contributed by atoms with E-state index in [9.17, 15) is 5.11 Å². The Hall–Kier alpha value is 0.359. The molecular formula is C36H62Cl2FeN3O. The zero-order valence-electron chi connectivity index (χ0n) is 27.8. The molecule has 249 valence electrons. The van der Waals surface area contributed by atoms with Crippen molar-refractivity contribution in [3.8, 4) is 0 Å². The maximum atomic E-state index is 11.7. The number of hydrogen-bond acceptors (Lipinski definition) is 3. The molecule has 7 heteroatoms. The Kier molecular flexibility index (Phi) is 15.2. The number of rotatable bonds is 6. The minimum absolute atomic E-state index is 0.104. The van der Waals surface area contributed by atoms with Crippen LogP contribution >= 0.6 is 20.2 Å². The topological polar surface area (TPSA) is 59.1 Å². The van der Waals surface area contributed by atoms with Crippen LogP contribution in [0.4, 0.5) is 0 Å². The minimum atomic E-state index is -0.104. The van der Waals surface area contributed by atoms with Crippen LogP contribution in [-0.4, -0.2) is 46.8 Å². The van der Waals surface area contributed by atoms with E-state index in [1.807, 2.05) is 0 Å². The second-order valence-corrected chi connectivity index (χ2v) is 17.3. The molecule has 0 spiro atoms. The van der Waals surface area contributed by atoms with E-state index in [2.05, 4.69) is 34.6 Å². The molecule has 4 aliphatic carbocycles. The van der Waals surface area contributed by atoms with Gasteiger partial charge in [0.25, 0.3) is 0 Å². The number of halogens is 2. The first-order valence-electron chi connectivity index (χ1n) is 18.0. The average molecular weight is 680 g/mol. The summed E-state index contributed by atoms with van der Waals surface area (Å²) < 4.78 is 0. The first-order chi connectivity index (χ1) is 20.7. The molecule has 5 aliphatic rings. The molecule has 0 amide bonds. The molecule has 1 saturated heterocycles. The van der Waals surface area contributed by atoms with E-state index < -0.39 is 0 Å². The molecule has 0 bridgehead atoms. The number of aliphatic hydroxyl groups is 1. The molecule has 0 aromatic heterocycles. The summed E-state index contributed by atoms with van der Waals surface area (Å²) in [6.07, 6.45) is 21.7. The van der Waals surface area contributed by atoms with Gasteiger partial charge in [-0.1, -0.05) is 116 Å². The van der Waals surface area contributed by atoms with Crippen molar-refractivity contribution < 1.29 is 18.2 Å². The predicted octanol–water partition coefficient (Wildman–Crippen LogP) is 10.6. The number of aliphatic imine (C=N–C) groups is 2. The summed E-state index contributed by atoms with van der Waals surface area (Å²) in [7, 11) is 9.53. The molecule has 4 saturated carbocycles. The van der Waals surface area contributed by atoms with Crippen molar-refractivity contribution in [2.45, 2.75) is 174 Å². The molecule has 6 atom stereocenters. The molecule has 1 N–H and O–H groups in total. The number of hydrogen-bond donors (Lipinski definition) is 1. The van der Waals surface area contributed by atoms with Gasteiger partial charge >= 0.3 is 33.3 Å². The Bertz CT molecular complexity index is 850. The van der Waals surface area contributed by atoms with Crippen molar-refractivity contribution in [3.05, 3.63) is 5.32 Å². The molecule has 6 unspecified atom stereocenters. The molecule has 43 heavy (non-hydrogen) atoms. The Labute approximate surface area is 279 Å². The molecule has 1 heterocycles. The molecule has 0 aromatic rings. The van der Waals surface area contributed by atoms with Crippen LogP contribution in [0.15, 0.2) is 9.98 Å². The van der Waals surface area contributed by atoms with E-state index in [1.54, 1.807) is 0 Å². The van der Waals surface area contributed by atoms with E-state index in [0.29, 0.717) is 47.6 Å². The third-order valence-corrected chi connectivity index (χ3v) is 12.2. The third kappa shape index (κ3) is 10.2. The van der Waals surface area contributed by atoms with Gasteiger partial charge in [0, 0.05) is 0 Å². The standard InChI is InChI=1S/C36H62N3O.2ClH.Fe/c1-23-19-24(2)35(25(3)20-23)38-27(5)34-18-12-17-33(39-34)26(4)37-30-21-31(28-13-8-6-9-14-28)36(40)32(22-30)29-15-10-7-11-16-29;;;/h23-25,28-36,40H,6-22H2,1-5H3;2*1H;/q-1;;;+3/p-2. The van der Waals surface area contributed by atoms with Crippen LogP contribution in [0, 0.1) is 41.4 Å². The fourth-order valence-electron chi connectivity index (χ4n) is 10.2. The van der Waals surface area contributed by atoms with Crippen molar-refractivity contribution in [1.82, 2.24) is 0 Å². The van der Waals surface area contributed by atoms with Crippen molar-refractivity contribution >= 4 is 31.6 Å². The first kappa shape index (κ1) is 36.2. The quantitative estimate of drug-likeness (QED) is 0.220. The van der Waals surface area contributed by atoms with Crippen LogP contribution < -0.4 is 0 Å².